The fraction of sp³-hybridized carbons (Fsp3) is 0.800. The van der Waals surface area contributed by atoms with Crippen molar-refractivity contribution >= 4 is 35.9 Å². The molecule has 2 N–H and O–H groups in total. The van der Waals surface area contributed by atoms with Gasteiger partial charge >= 0.3 is 5.97 Å². The van der Waals surface area contributed by atoms with E-state index < -0.39 is 12.1 Å². The van der Waals surface area contributed by atoms with E-state index in [1.165, 1.54) is 14.2 Å². The Morgan fingerprint density at radius 2 is 2.06 bits per heavy atom. The van der Waals surface area contributed by atoms with Gasteiger partial charge < -0.3 is 24.8 Å². The molecule has 106 valence electrons. The summed E-state index contributed by atoms with van der Waals surface area (Å²) >= 11 is 0. The Morgan fingerprint density at radius 3 is 2.56 bits per heavy atom. The van der Waals surface area contributed by atoms with Crippen LogP contribution in [0.2, 0.25) is 0 Å². The van der Waals surface area contributed by atoms with Gasteiger partial charge in [-0.3, -0.25) is 0 Å². The molecule has 7 nitrogen and oxygen atoms in total. The van der Waals surface area contributed by atoms with E-state index in [9.17, 15) is 4.79 Å². The first-order chi connectivity index (χ1) is 8.19. The van der Waals surface area contributed by atoms with E-state index in [2.05, 4.69) is 9.73 Å². The molecule has 0 aromatic heterocycles. The minimum Gasteiger partial charge on any atom is -0.467 e. The second kappa shape index (κ2) is 9.34. The zero-order chi connectivity index (χ0) is 12.7. The minimum atomic E-state index is -0.709. The van der Waals surface area contributed by atoms with Gasteiger partial charge in [-0.15, -0.1) is 24.0 Å². The number of hydrogen-bond acceptors (Lipinski definition) is 5. The second-order valence-corrected chi connectivity index (χ2v) is 3.55. The van der Waals surface area contributed by atoms with Crippen LogP contribution in [0.5, 0.6) is 0 Å². The molecule has 0 aromatic carbocycles. The molecule has 8 heteroatoms. The molecule has 1 saturated heterocycles. The molecule has 18 heavy (non-hydrogen) atoms. The molecule has 1 unspecified atom stereocenters. The monoisotopic (exact) mass is 373 g/mol. The van der Waals surface area contributed by atoms with Gasteiger partial charge in [-0.1, -0.05) is 0 Å². The highest BCUT2D eigenvalue weighted by atomic mass is 127. The van der Waals surface area contributed by atoms with Crippen molar-refractivity contribution < 1.29 is 19.0 Å². The van der Waals surface area contributed by atoms with E-state index in [1.54, 1.807) is 0 Å². The first-order valence-electron chi connectivity index (χ1n) is 5.42. The zero-order valence-electron chi connectivity index (χ0n) is 10.6. The number of ether oxygens (including phenoxy) is 3. The summed E-state index contributed by atoms with van der Waals surface area (Å²) < 4.78 is 14.7. The third kappa shape index (κ3) is 5.36. The lowest BCUT2D eigenvalue weighted by atomic mass is 10.3. The molecule has 0 amide bonds. The largest absolute Gasteiger partial charge is 0.467 e. The highest BCUT2D eigenvalue weighted by Gasteiger charge is 2.19. The molecule has 0 radical (unpaired) electrons. The van der Waals surface area contributed by atoms with Crippen LogP contribution in [0.3, 0.4) is 0 Å². The number of morpholine rings is 1. The average Bonchev–Trinajstić information content (AvgIpc) is 2.39. The second-order valence-electron chi connectivity index (χ2n) is 3.55. The summed E-state index contributed by atoms with van der Waals surface area (Å²) in [6.07, 6.45) is -0.709. The molecule has 0 aromatic rings. The fourth-order valence-electron chi connectivity index (χ4n) is 1.45. The smallest absolute Gasteiger partial charge is 0.336 e. The van der Waals surface area contributed by atoms with Crippen molar-refractivity contribution in [1.29, 1.82) is 0 Å². The quantitative estimate of drug-likeness (QED) is 0.308. The number of nitrogens with zero attached hydrogens (tertiary/aromatic N) is 2. The maximum atomic E-state index is 11.2. The number of methoxy groups -OCH3 is 2. The first kappa shape index (κ1) is 17.4. The van der Waals surface area contributed by atoms with Gasteiger partial charge in [-0.05, 0) is 0 Å². The summed E-state index contributed by atoms with van der Waals surface area (Å²) in [5.74, 6) is -0.0507. The van der Waals surface area contributed by atoms with Crippen molar-refractivity contribution in [3.05, 3.63) is 0 Å². The summed E-state index contributed by atoms with van der Waals surface area (Å²) in [6, 6.07) is 0. The number of guanidine groups is 1. The van der Waals surface area contributed by atoms with Crippen LogP contribution in [0.1, 0.15) is 0 Å². The van der Waals surface area contributed by atoms with Crippen molar-refractivity contribution in [3.63, 3.8) is 0 Å². The summed E-state index contributed by atoms with van der Waals surface area (Å²) in [5.41, 5.74) is 5.81. The third-order valence-electron chi connectivity index (χ3n) is 2.50. The van der Waals surface area contributed by atoms with Crippen LogP contribution in [-0.4, -0.2) is 70.0 Å². The van der Waals surface area contributed by atoms with Crippen LogP contribution in [-0.2, 0) is 19.0 Å². The highest BCUT2D eigenvalue weighted by Crippen LogP contribution is 1.98. The lowest BCUT2D eigenvalue weighted by Crippen LogP contribution is -2.45. The number of rotatable bonds is 4. The lowest BCUT2D eigenvalue weighted by Gasteiger charge is -2.27. The predicted octanol–water partition coefficient (Wildman–Crippen LogP) is -0.561. The van der Waals surface area contributed by atoms with Crippen molar-refractivity contribution in [2.45, 2.75) is 6.10 Å². The molecule has 0 aliphatic carbocycles. The van der Waals surface area contributed by atoms with Crippen LogP contribution >= 0.6 is 24.0 Å². The zero-order valence-corrected chi connectivity index (χ0v) is 13.0. The number of esters is 1. The molecule has 0 spiro atoms. The number of nitrogens with two attached hydrogens (primary N) is 1. The molecule has 1 heterocycles. The van der Waals surface area contributed by atoms with Gasteiger partial charge in [-0.25, -0.2) is 9.79 Å². The molecule has 1 rings (SSSR count). The summed E-state index contributed by atoms with van der Waals surface area (Å²) in [4.78, 5) is 17.3. The maximum absolute atomic E-state index is 11.2. The van der Waals surface area contributed by atoms with Gasteiger partial charge in [-0.2, -0.15) is 0 Å². The SMILES string of the molecule is COC(=O)C(CN=C(N)N1CCOCC1)OC.I. The topological polar surface area (TPSA) is 86.4 Å². The predicted molar refractivity (Wildman–Crippen MR) is 77.1 cm³/mol. The summed E-state index contributed by atoms with van der Waals surface area (Å²) in [5, 5.41) is 0. The van der Waals surface area contributed by atoms with Crippen LogP contribution in [0, 0.1) is 0 Å². The van der Waals surface area contributed by atoms with E-state index in [0.717, 1.165) is 0 Å². The molecule has 1 aliphatic heterocycles. The van der Waals surface area contributed by atoms with Crippen molar-refractivity contribution in [1.82, 2.24) is 4.90 Å². The molecule has 1 fully saturated rings. The Balaban J connectivity index is 0.00000289. The van der Waals surface area contributed by atoms with Crippen LogP contribution in [0.15, 0.2) is 4.99 Å². The fourth-order valence-corrected chi connectivity index (χ4v) is 1.45. The third-order valence-corrected chi connectivity index (χ3v) is 2.50. The normalized spacial score (nSPS) is 17.9. The molecular weight excluding hydrogens is 353 g/mol. The van der Waals surface area contributed by atoms with Gasteiger partial charge in [0.05, 0.1) is 26.9 Å². The van der Waals surface area contributed by atoms with Gasteiger partial charge in [0.2, 0.25) is 0 Å². The molecular formula is C10H20IN3O4. The first-order valence-corrected chi connectivity index (χ1v) is 5.42. The Bertz CT molecular complexity index is 282. The van der Waals surface area contributed by atoms with Gasteiger partial charge in [0.25, 0.3) is 0 Å². The van der Waals surface area contributed by atoms with Crippen LogP contribution in [0.4, 0.5) is 0 Å². The Labute approximate surface area is 124 Å². The number of aliphatic imine (C=N–C) groups is 1. The van der Waals surface area contributed by atoms with E-state index in [-0.39, 0.29) is 30.5 Å². The Kier molecular flexibility index (Phi) is 9.02. The van der Waals surface area contributed by atoms with Gasteiger partial charge in [0, 0.05) is 20.2 Å². The van der Waals surface area contributed by atoms with E-state index in [4.69, 9.17) is 15.2 Å². The Hall–Kier alpha value is -0.610. The molecule has 1 atom stereocenters. The molecule has 0 bridgehead atoms. The molecule has 0 saturated carbocycles. The standard InChI is InChI=1S/C10H19N3O4.HI/c1-15-8(9(14)16-2)7-12-10(11)13-3-5-17-6-4-13;/h8H,3-7H2,1-2H3,(H2,11,12);1H. The van der Waals surface area contributed by atoms with Crippen molar-refractivity contribution in [3.8, 4) is 0 Å². The maximum Gasteiger partial charge on any atom is 0.336 e. The van der Waals surface area contributed by atoms with Crippen LogP contribution < -0.4 is 5.73 Å². The number of halogens is 1. The van der Waals surface area contributed by atoms with E-state index in [1.807, 2.05) is 4.90 Å². The number of carbonyl (C=O) groups excluding carboxylic acids is 1. The average molecular weight is 373 g/mol. The Morgan fingerprint density at radius 1 is 1.44 bits per heavy atom. The van der Waals surface area contributed by atoms with Crippen LogP contribution in [0.25, 0.3) is 0 Å². The van der Waals surface area contributed by atoms with Gasteiger partial charge in [0.15, 0.2) is 12.1 Å². The van der Waals surface area contributed by atoms with E-state index >= 15 is 0 Å². The molecule has 1 aliphatic rings. The number of carbonyl (C=O) groups is 1. The lowest BCUT2D eigenvalue weighted by molar-refractivity contribution is -0.151. The van der Waals surface area contributed by atoms with Gasteiger partial charge in [0.1, 0.15) is 0 Å². The summed E-state index contributed by atoms with van der Waals surface area (Å²) in [6.45, 7) is 2.87. The van der Waals surface area contributed by atoms with E-state index in [0.29, 0.717) is 32.3 Å². The highest BCUT2D eigenvalue weighted by molar-refractivity contribution is 14.0. The minimum absolute atomic E-state index is 0. The van der Waals surface area contributed by atoms with Crippen molar-refractivity contribution in [2.75, 3.05) is 47.1 Å². The number of hydrogen-bond donors (Lipinski definition) is 1. The summed E-state index contributed by atoms with van der Waals surface area (Å²) in [7, 11) is 2.74. The van der Waals surface area contributed by atoms with Crippen molar-refractivity contribution in [2.24, 2.45) is 10.7 Å².